The Morgan fingerprint density at radius 2 is 1.90 bits per heavy atom. The van der Waals surface area contributed by atoms with Gasteiger partial charge in [-0.3, -0.25) is 9.48 Å². The Morgan fingerprint density at radius 1 is 1.17 bits per heavy atom. The fraction of sp³-hybridized carbons (Fsp3) is 0.0952. The lowest BCUT2D eigenvalue weighted by atomic mass is 10.1. The van der Waals surface area contributed by atoms with Gasteiger partial charge in [-0.1, -0.05) is 58.7 Å². The average molecular weight is 411 g/mol. The second kappa shape index (κ2) is 7.89. The van der Waals surface area contributed by atoms with Gasteiger partial charge in [-0.25, -0.2) is 4.39 Å². The van der Waals surface area contributed by atoms with Crippen molar-refractivity contribution in [3.63, 3.8) is 0 Å². The number of carbonyl (C=O) groups excluding carboxylic acids is 1. The van der Waals surface area contributed by atoms with Gasteiger partial charge >= 0.3 is 0 Å². The Morgan fingerprint density at radius 3 is 2.62 bits per heavy atom. The number of anilines is 1. The molecule has 0 atom stereocenters. The largest absolute Gasteiger partial charge is 0.355 e. The number of carbonyl (C=O) groups is 1. The SMILES string of the molecule is Cc1ccc(-c2cc(C(=O)Nc3nn(Cc4ccc(F)cc4)cc3Cl)no2)cc1. The van der Waals surface area contributed by atoms with E-state index in [1.54, 1.807) is 29.1 Å². The van der Waals surface area contributed by atoms with E-state index in [1.165, 1.54) is 12.1 Å². The summed E-state index contributed by atoms with van der Waals surface area (Å²) in [6.07, 6.45) is 1.58. The van der Waals surface area contributed by atoms with E-state index >= 15 is 0 Å². The smallest absolute Gasteiger partial charge is 0.279 e. The van der Waals surface area contributed by atoms with Crippen molar-refractivity contribution in [3.05, 3.63) is 88.5 Å². The lowest BCUT2D eigenvalue weighted by Gasteiger charge is -2.02. The van der Waals surface area contributed by atoms with Crippen LogP contribution in [0.15, 0.2) is 65.3 Å². The molecule has 29 heavy (non-hydrogen) atoms. The topological polar surface area (TPSA) is 73.0 Å². The molecule has 146 valence electrons. The normalized spacial score (nSPS) is 10.9. The first-order valence-electron chi connectivity index (χ1n) is 8.80. The molecule has 2 heterocycles. The zero-order chi connectivity index (χ0) is 20.4. The van der Waals surface area contributed by atoms with Crippen LogP contribution >= 0.6 is 11.6 Å². The van der Waals surface area contributed by atoms with Gasteiger partial charge in [-0.05, 0) is 24.6 Å². The Kier molecular flexibility index (Phi) is 5.14. The minimum absolute atomic E-state index is 0.115. The molecule has 1 N–H and O–H groups in total. The predicted octanol–water partition coefficient (Wildman–Crippen LogP) is 4.94. The van der Waals surface area contributed by atoms with Crippen LogP contribution in [-0.2, 0) is 6.54 Å². The van der Waals surface area contributed by atoms with E-state index in [2.05, 4.69) is 15.6 Å². The average Bonchev–Trinajstić information content (AvgIpc) is 3.32. The Balaban J connectivity index is 1.46. The van der Waals surface area contributed by atoms with E-state index in [9.17, 15) is 9.18 Å². The van der Waals surface area contributed by atoms with Crippen LogP contribution in [-0.4, -0.2) is 20.8 Å². The molecule has 0 saturated carbocycles. The molecule has 0 saturated heterocycles. The highest BCUT2D eigenvalue weighted by Gasteiger charge is 2.17. The van der Waals surface area contributed by atoms with Crippen molar-refractivity contribution in [1.82, 2.24) is 14.9 Å². The summed E-state index contributed by atoms with van der Waals surface area (Å²) in [5.41, 5.74) is 2.91. The maximum Gasteiger partial charge on any atom is 0.279 e. The van der Waals surface area contributed by atoms with Gasteiger partial charge in [0.15, 0.2) is 17.3 Å². The standard InChI is InChI=1S/C21H16ClFN4O2/c1-13-2-6-15(7-3-13)19-10-18(26-29-19)21(28)24-20-17(22)12-27(25-20)11-14-4-8-16(23)9-5-14/h2-10,12H,11H2,1H3,(H,24,25,28). The van der Waals surface area contributed by atoms with Crippen LogP contribution in [0.4, 0.5) is 10.2 Å². The number of rotatable bonds is 5. The van der Waals surface area contributed by atoms with Gasteiger partial charge in [0.05, 0.1) is 6.54 Å². The Bertz CT molecular complexity index is 1150. The maximum atomic E-state index is 13.0. The number of aromatic nitrogens is 3. The van der Waals surface area contributed by atoms with Crippen LogP contribution in [0.2, 0.25) is 5.02 Å². The first kappa shape index (κ1) is 18.9. The van der Waals surface area contributed by atoms with Gasteiger partial charge in [0.1, 0.15) is 10.8 Å². The van der Waals surface area contributed by atoms with Crippen LogP contribution in [0.1, 0.15) is 21.6 Å². The van der Waals surface area contributed by atoms with E-state index < -0.39 is 5.91 Å². The molecule has 4 aromatic rings. The Labute approximate surface area is 170 Å². The molecule has 1 amide bonds. The summed E-state index contributed by atoms with van der Waals surface area (Å²) < 4.78 is 19.9. The summed E-state index contributed by atoms with van der Waals surface area (Å²) in [5, 5.41) is 11.0. The van der Waals surface area contributed by atoms with Gasteiger partial charge < -0.3 is 9.84 Å². The molecule has 0 bridgehead atoms. The van der Waals surface area contributed by atoms with Crippen LogP contribution in [0.3, 0.4) is 0 Å². The lowest BCUT2D eigenvalue weighted by molar-refractivity contribution is 0.101. The molecule has 0 aliphatic rings. The molecule has 0 spiro atoms. The first-order chi connectivity index (χ1) is 14.0. The van der Waals surface area contributed by atoms with Crippen molar-refractivity contribution < 1.29 is 13.7 Å². The second-order valence-electron chi connectivity index (χ2n) is 6.55. The highest BCUT2D eigenvalue weighted by molar-refractivity contribution is 6.33. The molecule has 0 unspecified atom stereocenters. The molecule has 0 radical (unpaired) electrons. The summed E-state index contributed by atoms with van der Waals surface area (Å²) in [6, 6.07) is 15.3. The van der Waals surface area contributed by atoms with Crippen LogP contribution in [0.5, 0.6) is 0 Å². The van der Waals surface area contributed by atoms with E-state index in [0.717, 1.165) is 16.7 Å². The minimum Gasteiger partial charge on any atom is -0.355 e. The molecule has 6 nitrogen and oxygen atoms in total. The van der Waals surface area contributed by atoms with Gasteiger partial charge in [0, 0.05) is 17.8 Å². The number of nitrogens with one attached hydrogen (secondary N) is 1. The number of aryl methyl sites for hydroxylation is 1. The van der Waals surface area contributed by atoms with Crippen molar-refractivity contribution in [2.24, 2.45) is 0 Å². The summed E-state index contributed by atoms with van der Waals surface area (Å²) in [4.78, 5) is 12.5. The summed E-state index contributed by atoms with van der Waals surface area (Å²) in [6.45, 7) is 2.37. The van der Waals surface area contributed by atoms with E-state index in [4.69, 9.17) is 16.1 Å². The van der Waals surface area contributed by atoms with E-state index in [0.29, 0.717) is 12.3 Å². The molecule has 2 aromatic heterocycles. The van der Waals surface area contributed by atoms with Gasteiger partial charge in [-0.2, -0.15) is 5.10 Å². The number of halogens is 2. The van der Waals surface area contributed by atoms with Crippen LogP contribution in [0.25, 0.3) is 11.3 Å². The van der Waals surface area contributed by atoms with E-state index in [1.807, 2.05) is 31.2 Å². The first-order valence-corrected chi connectivity index (χ1v) is 9.18. The molecule has 2 aromatic carbocycles. The second-order valence-corrected chi connectivity index (χ2v) is 6.95. The highest BCUT2D eigenvalue weighted by atomic mass is 35.5. The number of hydrogen-bond acceptors (Lipinski definition) is 4. The summed E-state index contributed by atoms with van der Waals surface area (Å²) >= 11 is 6.18. The molecular formula is C21H16ClFN4O2. The molecule has 0 fully saturated rings. The quantitative estimate of drug-likeness (QED) is 0.505. The molecule has 4 rings (SSSR count). The highest BCUT2D eigenvalue weighted by Crippen LogP contribution is 2.23. The van der Waals surface area contributed by atoms with Crippen LogP contribution < -0.4 is 5.32 Å². The summed E-state index contributed by atoms with van der Waals surface area (Å²) in [5.74, 6) is -0.0967. The van der Waals surface area contributed by atoms with Crippen molar-refractivity contribution >= 4 is 23.3 Å². The van der Waals surface area contributed by atoms with Gasteiger partial charge in [0.2, 0.25) is 0 Å². The molecule has 8 heteroatoms. The maximum absolute atomic E-state index is 13.0. The third-order valence-corrected chi connectivity index (χ3v) is 4.56. The molecule has 0 aliphatic carbocycles. The van der Waals surface area contributed by atoms with Gasteiger partial charge in [0.25, 0.3) is 5.91 Å². The number of amides is 1. The fourth-order valence-corrected chi connectivity index (χ4v) is 2.94. The van der Waals surface area contributed by atoms with Crippen LogP contribution in [0, 0.1) is 12.7 Å². The van der Waals surface area contributed by atoms with Crippen molar-refractivity contribution in [2.45, 2.75) is 13.5 Å². The Hall–Kier alpha value is -3.45. The minimum atomic E-state index is -0.485. The third kappa shape index (κ3) is 4.35. The zero-order valence-corrected chi connectivity index (χ0v) is 16.2. The molecule has 0 aliphatic heterocycles. The number of benzene rings is 2. The van der Waals surface area contributed by atoms with Crippen molar-refractivity contribution in [3.8, 4) is 11.3 Å². The molecular weight excluding hydrogens is 395 g/mol. The fourth-order valence-electron chi connectivity index (χ4n) is 2.75. The van der Waals surface area contributed by atoms with E-state index in [-0.39, 0.29) is 22.4 Å². The van der Waals surface area contributed by atoms with Gasteiger partial charge in [-0.15, -0.1) is 0 Å². The summed E-state index contributed by atoms with van der Waals surface area (Å²) in [7, 11) is 0. The lowest BCUT2D eigenvalue weighted by Crippen LogP contribution is -2.13. The number of hydrogen-bond donors (Lipinski definition) is 1. The zero-order valence-electron chi connectivity index (χ0n) is 15.4. The number of nitrogens with zero attached hydrogens (tertiary/aromatic N) is 3. The third-order valence-electron chi connectivity index (χ3n) is 4.29. The monoisotopic (exact) mass is 410 g/mol. The van der Waals surface area contributed by atoms with Crippen molar-refractivity contribution in [2.75, 3.05) is 5.32 Å². The predicted molar refractivity (Wildman–Crippen MR) is 107 cm³/mol. The van der Waals surface area contributed by atoms with Crippen molar-refractivity contribution in [1.29, 1.82) is 0 Å².